The molecule has 2 heterocycles. The number of nitrogens with zero attached hydrogens (tertiary/aromatic N) is 4. The predicted molar refractivity (Wildman–Crippen MR) is 64.7 cm³/mol. The Bertz CT molecular complexity index is 422. The normalized spacial score (nSPS) is 36.5. The van der Waals surface area contributed by atoms with Crippen LogP contribution >= 0.6 is 0 Å². The molecule has 2 atom stereocenters. The highest BCUT2D eigenvalue weighted by Crippen LogP contribution is 2.58. The molecule has 1 aliphatic heterocycles. The number of hydrogen-bond donors (Lipinski definition) is 0. The third-order valence-corrected chi connectivity index (χ3v) is 4.69. The smallest absolute Gasteiger partial charge is 0.0864 e. The zero-order valence-electron chi connectivity index (χ0n) is 10.6. The first-order valence-corrected chi connectivity index (χ1v) is 6.90. The van der Waals surface area contributed by atoms with Gasteiger partial charge in [-0.25, -0.2) is 0 Å². The van der Waals surface area contributed by atoms with Crippen molar-refractivity contribution in [1.82, 2.24) is 19.9 Å². The molecule has 4 rings (SSSR count). The molecule has 0 aromatic carbocycles. The fraction of sp³-hybridized carbons (Fsp3) is 0.846. The van der Waals surface area contributed by atoms with Crippen molar-refractivity contribution in [3.05, 3.63) is 11.9 Å². The Balaban J connectivity index is 1.45. The van der Waals surface area contributed by atoms with Crippen LogP contribution in [-0.2, 0) is 0 Å². The van der Waals surface area contributed by atoms with Gasteiger partial charge in [0.25, 0.3) is 0 Å². The van der Waals surface area contributed by atoms with Gasteiger partial charge in [0.05, 0.1) is 17.9 Å². The minimum Gasteiger partial charge on any atom is -0.300 e. The summed E-state index contributed by atoms with van der Waals surface area (Å²) in [7, 11) is 0. The minimum absolute atomic E-state index is 0.620. The number of aromatic nitrogens is 3. The van der Waals surface area contributed by atoms with Gasteiger partial charge in [-0.1, -0.05) is 0 Å². The van der Waals surface area contributed by atoms with Crippen molar-refractivity contribution < 1.29 is 0 Å². The van der Waals surface area contributed by atoms with Crippen LogP contribution in [0.5, 0.6) is 0 Å². The van der Waals surface area contributed by atoms with Gasteiger partial charge < -0.3 is 4.90 Å². The summed E-state index contributed by atoms with van der Waals surface area (Å²) in [5.41, 5.74) is 1.26. The maximum Gasteiger partial charge on any atom is 0.0864 e. The first-order chi connectivity index (χ1) is 8.24. The van der Waals surface area contributed by atoms with Crippen molar-refractivity contribution in [3.63, 3.8) is 0 Å². The standard InChI is InChI=1S/C13H20N4/c1-8(2)16-6-10-11(7-16)13(10)12-5-14-17(15-12)9-3-4-9/h5,8-11,13H,3-4,6-7H2,1-2H3. The summed E-state index contributed by atoms with van der Waals surface area (Å²) in [6, 6.07) is 1.32. The predicted octanol–water partition coefficient (Wildman–Crippen LogP) is 1.67. The number of hydrogen-bond acceptors (Lipinski definition) is 3. The Morgan fingerprint density at radius 1 is 1.24 bits per heavy atom. The second-order valence-corrected chi connectivity index (χ2v) is 6.22. The number of rotatable bonds is 3. The average Bonchev–Trinajstić information content (AvgIpc) is 3.17. The molecular formula is C13H20N4. The van der Waals surface area contributed by atoms with Crippen molar-refractivity contribution in [2.75, 3.05) is 13.1 Å². The third-order valence-electron chi connectivity index (χ3n) is 4.69. The monoisotopic (exact) mass is 232 g/mol. The van der Waals surface area contributed by atoms with E-state index in [0.717, 1.165) is 17.8 Å². The van der Waals surface area contributed by atoms with Crippen LogP contribution in [0.1, 0.15) is 44.3 Å². The molecule has 2 aliphatic carbocycles. The SMILES string of the molecule is CC(C)N1CC2C(C1)C2c1cnn(C2CC2)n1. The number of piperidine rings is 1. The van der Waals surface area contributed by atoms with Crippen LogP contribution in [0.15, 0.2) is 6.20 Å². The molecule has 3 aliphatic rings. The molecule has 4 nitrogen and oxygen atoms in total. The summed E-state index contributed by atoms with van der Waals surface area (Å²) in [6.07, 6.45) is 4.56. The van der Waals surface area contributed by atoms with E-state index >= 15 is 0 Å². The zero-order chi connectivity index (χ0) is 11.6. The van der Waals surface area contributed by atoms with Crippen molar-refractivity contribution in [3.8, 4) is 0 Å². The lowest BCUT2D eigenvalue weighted by Gasteiger charge is -2.22. The van der Waals surface area contributed by atoms with Crippen LogP contribution in [0.3, 0.4) is 0 Å². The second kappa shape index (κ2) is 3.31. The lowest BCUT2D eigenvalue weighted by molar-refractivity contribution is 0.242. The van der Waals surface area contributed by atoms with E-state index in [4.69, 9.17) is 0 Å². The van der Waals surface area contributed by atoms with Gasteiger partial charge >= 0.3 is 0 Å². The van der Waals surface area contributed by atoms with Crippen LogP contribution in [0.25, 0.3) is 0 Å². The molecule has 1 aromatic rings. The van der Waals surface area contributed by atoms with Crippen molar-refractivity contribution in [2.24, 2.45) is 11.8 Å². The molecule has 0 spiro atoms. The first-order valence-electron chi connectivity index (χ1n) is 6.90. The first kappa shape index (κ1) is 10.1. The largest absolute Gasteiger partial charge is 0.300 e. The molecule has 0 bridgehead atoms. The summed E-state index contributed by atoms with van der Waals surface area (Å²) in [5, 5.41) is 9.09. The molecule has 3 fully saturated rings. The molecule has 2 saturated carbocycles. The molecule has 0 amide bonds. The summed E-state index contributed by atoms with van der Waals surface area (Å²) < 4.78 is 0. The van der Waals surface area contributed by atoms with E-state index < -0.39 is 0 Å². The minimum atomic E-state index is 0.620. The lowest BCUT2D eigenvalue weighted by atomic mass is 10.2. The molecule has 2 unspecified atom stereocenters. The topological polar surface area (TPSA) is 34.0 Å². The maximum atomic E-state index is 4.67. The van der Waals surface area contributed by atoms with Crippen LogP contribution < -0.4 is 0 Å². The van der Waals surface area contributed by atoms with Gasteiger partial charge in [-0.05, 0) is 38.5 Å². The van der Waals surface area contributed by atoms with E-state index in [9.17, 15) is 0 Å². The van der Waals surface area contributed by atoms with E-state index in [0.29, 0.717) is 12.1 Å². The third kappa shape index (κ3) is 1.53. The molecule has 1 saturated heterocycles. The molecular weight excluding hydrogens is 212 g/mol. The van der Waals surface area contributed by atoms with Crippen LogP contribution in [0, 0.1) is 11.8 Å². The molecule has 17 heavy (non-hydrogen) atoms. The van der Waals surface area contributed by atoms with Crippen LogP contribution in [0.2, 0.25) is 0 Å². The Morgan fingerprint density at radius 3 is 2.53 bits per heavy atom. The highest BCUT2D eigenvalue weighted by atomic mass is 15.5. The Kier molecular flexibility index (Phi) is 1.96. The Morgan fingerprint density at radius 2 is 1.94 bits per heavy atom. The van der Waals surface area contributed by atoms with Gasteiger partial charge in [0, 0.05) is 25.0 Å². The van der Waals surface area contributed by atoms with E-state index in [-0.39, 0.29) is 0 Å². The highest BCUT2D eigenvalue weighted by Gasteiger charge is 2.57. The second-order valence-electron chi connectivity index (χ2n) is 6.22. The van der Waals surface area contributed by atoms with Crippen LogP contribution in [-0.4, -0.2) is 39.0 Å². The zero-order valence-corrected chi connectivity index (χ0v) is 10.6. The van der Waals surface area contributed by atoms with Gasteiger partial charge in [-0.3, -0.25) is 0 Å². The average molecular weight is 232 g/mol. The van der Waals surface area contributed by atoms with Gasteiger partial charge in [-0.15, -0.1) is 0 Å². The van der Waals surface area contributed by atoms with Gasteiger partial charge in [-0.2, -0.15) is 15.0 Å². The molecule has 4 heteroatoms. The summed E-state index contributed by atoms with van der Waals surface area (Å²) in [6.45, 7) is 7.12. The van der Waals surface area contributed by atoms with E-state index in [1.807, 2.05) is 11.0 Å². The number of fused-ring (bicyclic) bond motifs is 1. The maximum absolute atomic E-state index is 4.67. The van der Waals surface area contributed by atoms with Gasteiger partial charge in [0.15, 0.2) is 0 Å². The summed E-state index contributed by atoms with van der Waals surface area (Å²) in [5.74, 6) is 2.45. The highest BCUT2D eigenvalue weighted by molar-refractivity contribution is 5.22. The summed E-state index contributed by atoms with van der Waals surface area (Å²) >= 11 is 0. The quantitative estimate of drug-likeness (QED) is 0.795. The van der Waals surface area contributed by atoms with Gasteiger partial charge in [0.1, 0.15) is 0 Å². The van der Waals surface area contributed by atoms with Gasteiger partial charge in [0.2, 0.25) is 0 Å². The molecule has 0 N–H and O–H groups in total. The van der Waals surface area contributed by atoms with Crippen molar-refractivity contribution >= 4 is 0 Å². The number of likely N-dealkylation sites (tertiary alicyclic amines) is 1. The Hall–Kier alpha value is -0.900. The van der Waals surface area contributed by atoms with E-state index in [2.05, 4.69) is 28.9 Å². The fourth-order valence-electron chi connectivity index (χ4n) is 3.34. The lowest BCUT2D eigenvalue weighted by Crippen LogP contribution is -2.31. The molecule has 1 aromatic heterocycles. The van der Waals surface area contributed by atoms with Crippen molar-refractivity contribution in [1.29, 1.82) is 0 Å². The van der Waals surface area contributed by atoms with Crippen LogP contribution in [0.4, 0.5) is 0 Å². The van der Waals surface area contributed by atoms with E-state index in [1.54, 1.807) is 0 Å². The van der Waals surface area contributed by atoms with Crippen molar-refractivity contribution in [2.45, 2.75) is 44.7 Å². The molecule has 0 radical (unpaired) electrons. The summed E-state index contributed by atoms with van der Waals surface area (Å²) in [4.78, 5) is 4.54. The van der Waals surface area contributed by atoms with E-state index in [1.165, 1.54) is 31.6 Å². The fourth-order valence-corrected chi connectivity index (χ4v) is 3.34. The molecule has 92 valence electrons. The Labute approximate surface area is 102 Å².